The van der Waals surface area contributed by atoms with Crippen molar-refractivity contribution in [1.29, 1.82) is 0 Å². The minimum absolute atomic E-state index is 0.427. The molecule has 0 unspecified atom stereocenters. The third-order valence-electron chi connectivity index (χ3n) is 5.33. The number of hydrogen-bond acceptors (Lipinski definition) is 4. The van der Waals surface area contributed by atoms with Gasteiger partial charge in [0.15, 0.2) is 0 Å². The minimum Gasteiger partial charge on any atom is -0.386 e. The van der Waals surface area contributed by atoms with Gasteiger partial charge in [-0.1, -0.05) is 78.9 Å². The molecule has 0 bridgehead atoms. The summed E-state index contributed by atoms with van der Waals surface area (Å²) < 4.78 is 32.3. The summed E-state index contributed by atoms with van der Waals surface area (Å²) >= 11 is 0. The summed E-state index contributed by atoms with van der Waals surface area (Å²) in [5.41, 5.74) is 1.98. The van der Waals surface area contributed by atoms with Crippen molar-refractivity contribution in [2.24, 2.45) is 0 Å². The van der Waals surface area contributed by atoms with E-state index >= 15 is 0 Å². The van der Waals surface area contributed by atoms with Crippen molar-refractivity contribution in [3.8, 4) is 17.2 Å². The molecular formula is C28H23O4P. The molecule has 5 rings (SSSR count). The van der Waals surface area contributed by atoms with Crippen LogP contribution in [0.5, 0.6) is 17.2 Å². The molecule has 33 heavy (non-hydrogen) atoms. The number of fused-ring (bicyclic) bond motifs is 2. The molecule has 0 saturated carbocycles. The zero-order valence-electron chi connectivity index (χ0n) is 18.4. The Labute approximate surface area is 193 Å². The van der Waals surface area contributed by atoms with Gasteiger partial charge >= 0.3 is 7.82 Å². The number of rotatable bonds is 6. The van der Waals surface area contributed by atoms with Crippen LogP contribution >= 0.6 is 7.82 Å². The third kappa shape index (κ3) is 4.57. The van der Waals surface area contributed by atoms with Gasteiger partial charge in [0.25, 0.3) is 0 Å². The molecular weight excluding hydrogens is 431 g/mol. The number of aryl methyl sites for hydroxylation is 2. The molecule has 0 saturated heterocycles. The van der Waals surface area contributed by atoms with Gasteiger partial charge in [-0.15, -0.1) is 0 Å². The quantitative estimate of drug-likeness (QED) is 0.242. The van der Waals surface area contributed by atoms with Crippen molar-refractivity contribution >= 4 is 29.4 Å². The average molecular weight is 454 g/mol. The molecule has 0 aliphatic heterocycles. The van der Waals surface area contributed by atoms with Crippen molar-refractivity contribution in [1.82, 2.24) is 0 Å². The summed E-state index contributed by atoms with van der Waals surface area (Å²) in [4.78, 5) is 0. The highest BCUT2D eigenvalue weighted by Gasteiger charge is 2.34. The molecule has 4 nitrogen and oxygen atoms in total. The standard InChI is InChI=1S/C28H23O4P/c1-20-17-21(2)19-24(18-20)30-33(29,31-27-15-7-11-22-9-3-5-13-25(22)27)32-28-16-8-12-23-10-4-6-14-26(23)28/h3-19H,1-2H3. The first kappa shape index (κ1) is 21.1. The molecule has 0 amide bonds. The lowest BCUT2D eigenvalue weighted by molar-refractivity contribution is 0.300. The maximum atomic E-state index is 14.2. The van der Waals surface area contributed by atoms with Crippen LogP contribution in [0.4, 0.5) is 0 Å². The second kappa shape index (κ2) is 8.65. The maximum Gasteiger partial charge on any atom is 0.647 e. The lowest BCUT2D eigenvalue weighted by Crippen LogP contribution is -2.08. The van der Waals surface area contributed by atoms with E-state index < -0.39 is 7.82 Å². The molecule has 0 aliphatic carbocycles. The van der Waals surface area contributed by atoms with Crippen LogP contribution in [0.3, 0.4) is 0 Å². The van der Waals surface area contributed by atoms with E-state index in [2.05, 4.69) is 0 Å². The van der Waals surface area contributed by atoms with Gasteiger partial charge in [-0.25, -0.2) is 0 Å². The van der Waals surface area contributed by atoms with Crippen molar-refractivity contribution in [3.63, 3.8) is 0 Å². The Hall–Kier alpha value is -3.75. The van der Waals surface area contributed by atoms with E-state index in [9.17, 15) is 4.57 Å². The summed E-state index contributed by atoms with van der Waals surface area (Å²) in [5, 5.41) is 3.59. The topological polar surface area (TPSA) is 44.8 Å². The van der Waals surface area contributed by atoms with Crippen LogP contribution in [0.2, 0.25) is 0 Å². The van der Waals surface area contributed by atoms with E-state index in [-0.39, 0.29) is 0 Å². The normalized spacial score (nSPS) is 11.5. The fourth-order valence-electron chi connectivity index (χ4n) is 3.96. The van der Waals surface area contributed by atoms with Gasteiger partial charge in [-0.2, -0.15) is 4.57 Å². The van der Waals surface area contributed by atoms with E-state index in [1.54, 1.807) is 12.1 Å². The first-order chi connectivity index (χ1) is 16.0. The molecule has 5 aromatic carbocycles. The number of benzene rings is 5. The van der Waals surface area contributed by atoms with Crippen molar-refractivity contribution < 1.29 is 18.1 Å². The van der Waals surface area contributed by atoms with Crippen LogP contribution in [0.15, 0.2) is 103 Å². The summed E-state index contributed by atoms with van der Waals surface area (Å²) in [6.07, 6.45) is 0. The molecule has 0 atom stereocenters. The third-order valence-corrected chi connectivity index (χ3v) is 6.61. The van der Waals surface area contributed by atoms with Gasteiger partial charge in [-0.05, 0) is 60.0 Å². The van der Waals surface area contributed by atoms with E-state index in [0.29, 0.717) is 17.2 Å². The molecule has 0 fully saturated rings. The second-order valence-electron chi connectivity index (χ2n) is 8.00. The highest BCUT2D eigenvalue weighted by atomic mass is 31.2. The predicted octanol–water partition coefficient (Wildman–Crippen LogP) is 8.25. The molecule has 0 aromatic heterocycles. The van der Waals surface area contributed by atoms with E-state index in [0.717, 1.165) is 32.7 Å². The number of phosphoric acid groups is 1. The van der Waals surface area contributed by atoms with Gasteiger partial charge in [-0.3, -0.25) is 0 Å². The molecule has 0 radical (unpaired) electrons. The monoisotopic (exact) mass is 454 g/mol. The minimum atomic E-state index is -4.13. The van der Waals surface area contributed by atoms with Gasteiger partial charge in [0.05, 0.1) is 0 Å². The average Bonchev–Trinajstić information content (AvgIpc) is 2.79. The fourth-order valence-corrected chi connectivity index (χ4v) is 5.24. The van der Waals surface area contributed by atoms with Gasteiger partial charge in [0, 0.05) is 10.8 Å². The largest absolute Gasteiger partial charge is 0.647 e. The number of hydrogen-bond donors (Lipinski definition) is 0. The van der Waals surface area contributed by atoms with Crippen LogP contribution in [-0.4, -0.2) is 0 Å². The SMILES string of the molecule is Cc1cc(C)cc(OP(=O)(Oc2cccc3ccccc23)Oc2cccc3ccccc23)c1. The summed E-state index contributed by atoms with van der Waals surface area (Å²) in [6.45, 7) is 3.92. The predicted molar refractivity (Wildman–Crippen MR) is 133 cm³/mol. The fraction of sp³-hybridized carbons (Fsp3) is 0.0714. The lowest BCUT2D eigenvalue weighted by atomic mass is 10.1. The van der Waals surface area contributed by atoms with Gasteiger partial charge in [0.1, 0.15) is 17.2 Å². The zero-order chi connectivity index (χ0) is 22.8. The molecule has 0 heterocycles. The van der Waals surface area contributed by atoms with Gasteiger partial charge in [0.2, 0.25) is 0 Å². The van der Waals surface area contributed by atoms with E-state index in [1.807, 2.05) is 105 Å². The second-order valence-corrected chi connectivity index (χ2v) is 9.44. The summed E-state index contributed by atoms with van der Waals surface area (Å²) in [6, 6.07) is 32.4. The molecule has 0 aliphatic rings. The van der Waals surface area contributed by atoms with E-state index in [4.69, 9.17) is 13.6 Å². The zero-order valence-corrected chi connectivity index (χ0v) is 19.3. The van der Waals surface area contributed by atoms with Crippen LogP contribution in [0.25, 0.3) is 21.5 Å². The lowest BCUT2D eigenvalue weighted by Gasteiger charge is -2.21. The molecule has 0 N–H and O–H groups in total. The Morgan fingerprint density at radius 2 is 1.00 bits per heavy atom. The van der Waals surface area contributed by atoms with Crippen molar-refractivity contribution in [2.75, 3.05) is 0 Å². The van der Waals surface area contributed by atoms with Crippen LogP contribution < -0.4 is 13.6 Å². The maximum absolute atomic E-state index is 14.2. The molecule has 164 valence electrons. The molecule has 5 aromatic rings. The van der Waals surface area contributed by atoms with Crippen molar-refractivity contribution in [3.05, 3.63) is 114 Å². The Morgan fingerprint density at radius 1 is 0.545 bits per heavy atom. The smallest absolute Gasteiger partial charge is 0.386 e. The van der Waals surface area contributed by atoms with Crippen LogP contribution in [0.1, 0.15) is 11.1 Å². The Morgan fingerprint density at radius 3 is 1.52 bits per heavy atom. The molecule has 0 spiro atoms. The van der Waals surface area contributed by atoms with E-state index in [1.165, 1.54) is 0 Å². The Bertz CT molecular complexity index is 1390. The van der Waals surface area contributed by atoms with Crippen molar-refractivity contribution in [2.45, 2.75) is 13.8 Å². The summed E-state index contributed by atoms with van der Waals surface area (Å²) in [5.74, 6) is 1.29. The highest BCUT2D eigenvalue weighted by molar-refractivity contribution is 7.49. The van der Waals surface area contributed by atoms with Crippen LogP contribution in [-0.2, 0) is 4.57 Å². The summed E-state index contributed by atoms with van der Waals surface area (Å²) in [7, 11) is -4.13. The molecule has 5 heteroatoms. The Kier molecular flexibility index (Phi) is 5.53. The Balaban J connectivity index is 1.60. The highest BCUT2D eigenvalue weighted by Crippen LogP contribution is 2.52. The van der Waals surface area contributed by atoms with Gasteiger partial charge < -0.3 is 13.6 Å². The first-order valence-corrected chi connectivity index (χ1v) is 12.2. The number of phosphoric ester groups is 1. The van der Waals surface area contributed by atoms with Crippen LogP contribution in [0, 0.1) is 13.8 Å². The first-order valence-electron chi connectivity index (χ1n) is 10.7.